The molecule has 2 aromatic rings. The molecule has 28 heavy (non-hydrogen) atoms. The number of hydrogen-bond acceptors (Lipinski definition) is 6. The Kier molecular flexibility index (Phi) is 7.34. The largest absolute Gasteiger partial charge is 0.495 e. The lowest BCUT2D eigenvalue weighted by molar-refractivity contribution is -0.113. The zero-order valence-corrected chi connectivity index (χ0v) is 16.7. The van der Waals surface area contributed by atoms with E-state index in [9.17, 15) is 9.59 Å². The number of amides is 2. The van der Waals surface area contributed by atoms with Crippen LogP contribution in [0.25, 0.3) is 0 Å². The van der Waals surface area contributed by atoms with Crippen LogP contribution >= 0.6 is 11.6 Å². The van der Waals surface area contributed by atoms with Crippen molar-refractivity contribution in [1.82, 2.24) is 0 Å². The molecule has 0 aliphatic heterocycles. The molecule has 0 spiro atoms. The first-order valence-electron chi connectivity index (χ1n) is 8.12. The van der Waals surface area contributed by atoms with Crippen LogP contribution < -0.4 is 29.6 Å². The quantitative estimate of drug-likeness (QED) is 0.651. The summed E-state index contributed by atoms with van der Waals surface area (Å²) in [5, 5.41) is 5.35. The number of carbonyl (C=O) groups excluding carboxylic acids is 2. The summed E-state index contributed by atoms with van der Waals surface area (Å²) in [6.07, 6.45) is 0. The Morgan fingerprint density at radius 2 is 1.46 bits per heavy atom. The fraction of sp³-hybridized carbons (Fsp3) is 0.263. The molecule has 0 heterocycles. The normalized spacial score (nSPS) is 10.0. The van der Waals surface area contributed by atoms with E-state index in [4.69, 9.17) is 30.5 Å². The van der Waals surface area contributed by atoms with Crippen LogP contribution in [0, 0.1) is 0 Å². The van der Waals surface area contributed by atoms with Crippen molar-refractivity contribution in [3.63, 3.8) is 0 Å². The van der Waals surface area contributed by atoms with Crippen LogP contribution in [0.15, 0.2) is 30.3 Å². The lowest BCUT2D eigenvalue weighted by Gasteiger charge is -2.15. The van der Waals surface area contributed by atoms with E-state index in [1.54, 1.807) is 24.3 Å². The summed E-state index contributed by atoms with van der Waals surface area (Å²) in [5.41, 5.74) is 1.09. The number of ether oxygens (including phenoxy) is 4. The Morgan fingerprint density at radius 3 is 1.96 bits per heavy atom. The molecular formula is C19H21ClN2O6. The third kappa shape index (κ3) is 4.77. The van der Waals surface area contributed by atoms with Gasteiger partial charge in [-0.05, 0) is 18.2 Å². The van der Waals surface area contributed by atoms with E-state index in [2.05, 4.69) is 10.6 Å². The lowest BCUT2D eigenvalue weighted by Crippen LogP contribution is -2.16. The number of rotatable bonds is 8. The summed E-state index contributed by atoms with van der Waals surface area (Å²) in [6.45, 7) is 0. The van der Waals surface area contributed by atoms with Gasteiger partial charge in [0.15, 0.2) is 11.5 Å². The van der Waals surface area contributed by atoms with Gasteiger partial charge in [0.25, 0.3) is 5.91 Å². The summed E-state index contributed by atoms with van der Waals surface area (Å²) in [6, 6.07) is 7.87. The van der Waals surface area contributed by atoms with Gasteiger partial charge in [-0.3, -0.25) is 9.59 Å². The van der Waals surface area contributed by atoms with E-state index in [0.717, 1.165) is 0 Å². The highest BCUT2D eigenvalue weighted by atomic mass is 35.5. The van der Waals surface area contributed by atoms with Gasteiger partial charge in [0.05, 0.1) is 34.1 Å². The molecule has 0 saturated carbocycles. The average Bonchev–Trinajstić information content (AvgIpc) is 2.72. The molecule has 0 fully saturated rings. The number of nitrogens with one attached hydrogen (secondary N) is 2. The third-order valence-electron chi connectivity index (χ3n) is 3.78. The van der Waals surface area contributed by atoms with Crippen molar-refractivity contribution >= 4 is 34.8 Å². The second-order valence-corrected chi connectivity index (χ2v) is 5.73. The Morgan fingerprint density at radius 1 is 0.857 bits per heavy atom. The van der Waals surface area contributed by atoms with Crippen LogP contribution in [0.4, 0.5) is 11.4 Å². The number of halogens is 1. The predicted molar refractivity (Wildman–Crippen MR) is 106 cm³/mol. The molecule has 0 aliphatic rings. The summed E-state index contributed by atoms with van der Waals surface area (Å²) >= 11 is 5.52. The molecule has 9 heteroatoms. The second kappa shape index (κ2) is 9.70. The van der Waals surface area contributed by atoms with Crippen LogP contribution in [0.2, 0.25) is 0 Å². The molecule has 0 aliphatic carbocycles. The topological polar surface area (TPSA) is 95.1 Å². The molecule has 0 aromatic heterocycles. The van der Waals surface area contributed by atoms with E-state index in [-0.39, 0.29) is 5.88 Å². The number of anilines is 2. The fourth-order valence-corrected chi connectivity index (χ4v) is 2.55. The van der Waals surface area contributed by atoms with Gasteiger partial charge in [-0.2, -0.15) is 0 Å². The van der Waals surface area contributed by atoms with Crippen LogP contribution in [0.1, 0.15) is 10.4 Å². The molecule has 2 aromatic carbocycles. The van der Waals surface area contributed by atoms with E-state index >= 15 is 0 Å². The fourth-order valence-electron chi connectivity index (χ4n) is 2.49. The van der Waals surface area contributed by atoms with Crippen molar-refractivity contribution in [2.45, 2.75) is 0 Å². The van der Waals surface area contributed by atoms with Gasteiger partial charge >= 0.3 is 0 Å². The van der Waals surface area contributed by atoms with Crippen LogP contribution in [-0.2, 0) is 4.79 Å². The maximum absolute atomic E-state index is 12.7. The highest BCUT2D eigenvalue weighted by Gasteiger charge is 2.16. The van der Waals surface area contributed by atoms with Gasteiger partial charge in [0.1, 0.15) is 11.6 Å². The van der Waals surface area contributed by atoms with Gasteiger partial charge in [-0.1, -0.05) is 0 Å². The molecule has 0 atom stereocenters. The molecule has 2 rings (SSSR count). The molecule has 0 bridgehead atoms. The van der Waals surface area contributed by atoms with E-state index in [0.29, 0.717) is 39.9 Å². The molecule has 8 nitrogen and oxygen atoms in total. The van der Waals surface area contributed by atoms with Crippen molar-refractivity contribution in [3.8, 4) is 23.0 Å². The van der Waals surface area contributed by atoms with Crippen molar-refractivity contribution in [2.75, 3.05) is 45.0 Å². The Hall–Kier alpha value is -3.13. The first kappa shape index (κ1) is 21.2. The highest BCUT2D eigenvalue weighted by molar-refractivity contribution is 6.29. The van der Waals surface area contributed by atoms with Crippen LogP contribution in [0.5, 0.6) is 23.0 Å². The standard InChI is InChI=1S/C19H21ClN2O6/c1-25-14-6-5-11(7-13(14)22-17(23)10-20)19(24)21-12-8-15(26-2)18(28-4)16(9-12)27-3/h5-9H,10H2,1-4H3,(H,21,24)(H,22,23). The van der Waals surface area contributed by atoms with Gasteiger partial charge in [-0.15, -0.1) is 11.6 Å². The minimum absolute atomic E-state index is 0.217. The number of methoxy groups -OCH3 is 4. The van der Waals surface area contributed by atoms with E-state index in [1.165, 1.54) is 34.5 Å². The average molecular weight is 409 g/mol. The summed E-state index contributed by atoms with van der Waals surface area (Å²) in [4.78, 5) is 24.3. The van der Waals surface area contributed by atoms with Gasteiger partial charge < -0.3 is 29.6 Å². The zero-order chi connectivity index (χ0) is 20.7. The smallest absolute Gasteiger partial charge is 0.255 e. The first-order valence-corrected chi connectivity index (χ1v) is 8.66. The molecule has 0 saturated heterocycles. The highest BCUT2D eigenvalue weighted by Crippen LogP contribution is 2.40. The Balaban J connectivity index is 2.32. The number of carbonyl (C=O) groups is 2. The minimum Gasteiger partial charge on any atom is -0.495 e. The van der Waals surface area contributed by atoms with Crippen molar-refractivity contribution in [3.05, 3.63) is 35.9 Å². The summed E-state index contributed by atoms with van der Waals surface area (Å²) in [5.74, 6) is 0.594. The van der Waals surface area contributed by atoms with Gasteiger partial charge in [0, 0.05) is 23.4 Å². The second-order valence-electron chi connectivity index (χ2n) is 5.47. The Bertz CT molecular complexity index is 846. The monoisotopic (exact) mass is 408 g/mol. The molecular weight excluding hydrogens is 388 g/mol. The number of benzene rings is 2. The molecule has 2 amide bonds. The lowest BCUT2D eigenvalue weighted by atomic mass is 10.1. The third-order valence-corrected chi connectivity index (χ3v) is 4.02. The zero-order valence-electron chi connectivity index (χ0n) is 15.9. The van der Waals surface area contributed by atoms with Crippen molar-refractivity contribution in [2.24, 2.45) is 0 Å². The van der Waals surface area contributed by atoms with Crippen LogP contribution in [0.3, 0.4) is 0 Å². The predicted octanol–water partition coefficient (Wildman–Crippen LogP) is 3.15. The van der Waals surface area contributed by atoms with Gasteiger partial charge in [0.2, 0.25) is 11.7 Å². The maximum Gasteiger partial charge on any atom is 0.255 e. The summed E-state index contributed by atoms with van der Waals surface area (Å²) in [7, 11) is 5.92. The van der Waals surface area contributed by atoms with E-state index in [1.807, 2.05) is 0 Å². The molecule has 0 unspecified atom stereocenters. The SMILES string of the molecule is COc1ccc(C(=O)Nc2cc(OC)c(OC)c(OC)c2)cc1NC(=O)CCl. The minimum atomic E-state index is -0.415. The molecule has 2 N–H and O–H groups in total. The summed E-state index contributed by atoms with van der Waals surface area (Å²) < 4.78 is 21.0. The van der Waals surface area contributed by atoms with Crippen molar-refractivity contribution < 1.29 is 28.5 Å². The molecule has 150 valence electrons. The van der Waals surface area contributed by atoms with Crippen LogP contribution in [-0.4, -0.2) is 46.1 Å². The Labute approximate surface area is 167 Å². The van der Waals surface area contributed by atoms with Crippen molar-refractivity contribution in [1.29, 1.82) is 0 Å². The number of hydrogen-bond donors (Lipinski definition) is 2. The van der Waals surface area contributed by atoms with E-state index < -0.39 is 11.8 Å². The number of alkyl halides is 1. The molecule has 0 radical (unpaired) electrons. The van der Waals surface area contributed by atoms with Gasteiger partial charge in [-0.25, -0.2) is 0 Å². The first-order chi connectivity index (χ1) is 13.5. The maximum atomic E-state index is 12.7.